The summed E-state index contributed by atoms with van der Waals surface area (Å²) in [6, 6.07) is 29.5. The summed E-state index contributed by atoms with van der Waals surface area (Å²) in [5, 5.41) is 3.98. The van der Waals surface area contributed by atoms with Gasteiger partial charge in [-0.3, -0.25) is 0 Å². The first kappa shape index (κ1) is 17.8. The van der Waals surface area contributed by atoms with Crippen molar-refractivity contribution in [3.63, 3.8) is 0 Å². The molecule has 3 aromatic carbocycles. The molecule has 0 saturated heterocycles. The average molecular weight is 383 g/mol. The van der Waals surface area contributed by atoms with Crippen LogP contribution in [0.1, 0.15) is 5.56 Å². The van der Waals surface area contributed by atoms with Gasteiger partial charge in [-0.15, -0.1) is 0 Å². The molecule has 0 unspecified atom stereocenters. The second kappa shape index (κ2) is 8.83. The molecular formula is C22H17N5S. The molecule has 0 aliphatic rings. The quantitative estimate of drug-likeness (QED) is 0.478. The van der Waals surface area contributed by atoms with Crippen LogP contribution in [0, 0.1) is 0 Å². The Morgan fingerprint density at radius 1 is 0.750 bits per heavy atom. The summed E-state index contributed by atoms with van der Waals surface area (Å²) in [7, 11) is 0. The highest BCUT2D eigenvalue weighted by Crippen LogP contribution is 2.18. The Labute approximate surface area is 166 Å². The minimum atomic E-state index is 0.357. The first-order valence-electron chi connectivity index (χ1n) is 8.75. The highest BCUT2D eigenvalue weighted by molar-refractivity contribution is 7.12. The van der Waals surface area contributed by atoms with E-state index in [0.717, 1.165) is 16.9 Å². The maximum absolute atomic E-state index is 4.61. The smallest absolute Gasteiger partial charge is 0.254 e. The summed E-state index contributed by atoms with van der Waals surface area (Å²) in [6.07, 6.45) is 1.75. The number of nitrogens with zero attached hydrogens (tertiary/aromatic N) is 4. The zero-order valence-electron chi connectivity index (χ0n) is 14.9. The van der Waals surface area contributed by atoms with Gasteiger partial charge in [0.05, 0.1) is 5.69 Å². The number of aromatic nitrogens is 2. The van der Waals surface area contributed by atoms with Gasteiger partial charge in [-0.1, -0.05) is 78.1 Å². The number of para-hydroxylation sites is 2. The lowest BCUT2D eigenvalue weighted by Gasteiger charge is -2.04. The van der Waals surface area contributed by atoms with Crippen molar-refractivity contribution in [1.82, 2.24) is 9.97 Å². The van der Waals surface area contributed by atoms with Crippen LogP contribution in [0.4, 0.5) is 22.5 Å². The molecule has 4 aromatic rings. The molecule has 0 aliphatic carbocycles. The molecule has 0 spiro atoms. The Kier molecular flexibility index (Phi) is 5.60. The SMILES string of the molecule is C(=N\c1nc(Nc2ccccc2)sc(=Nc2ccccc2)n1)/c1ccccc1. The van der Waals surface area contributed by atoms with Crippen LogP contribution in [-0.4, -0.2) is 16.2 Å². The minimum absolute atomic E-state index is 0.357. The van der Waals surface area contributed by atoms with E-state index in [1.165, 1.54) is 11.3 Å². The van der Waals surface area contributed by atoms with Gasteiger partial charge in [0.25, 0.3) is 5.95 Å². The Bertz CT molecular complexity index is 1120. The molecule has 28 heavy (non-hydrogen) atoms. The van der Waals surface area contributed by atoms with Gasteiger partial charge in [-0.2, -0.15) is 9.97 Å². The molecule has 0 fully saturated rings. The third kappa shape index (κ3) is 4.96. The zero-order valence-corrected chi connectivity index (χ0v) is 15.8. The molecule has 1 aromatic heterocycles. The Morgan fingerprint density at radius 2 is 1.39 bits per heavy atom. The molecular weight excluding hydrogens is 366 g/mol. The zero-order chi connectivity index (χ0) is 19.0. The van der Waals surface area contributed by atoms with Crippen molar-refractivity contribution in [2.24, 2.45) is 9.98 Å². The number of rotatable bonds is 5. The number of hydrogen-bond acceptors (Lipinski definition) is 6. The summed E-state index contributed by atoms with van der Waals surface area (Å²) in [5.41, 5.74) is 2.76. The normalized spacial score (nSPS) is 11.6. The van der Waals surface area contributed by atoms with Crippen molar-refractivity contribution in [3.05, 3.63) is 101 Å². The molecule has 0 saturated carbocycles. The largest absolute Gasteiger partial charge is 0.331 e. The molecule has 4 rings (SSSR count). The molecule has 0 atom stereocenters. The second-order valence-electron chi connectivity index (χ2n) is 5.82. The van der Waals surface area contributed by atoms with Gasteiger partial charge in [0.2, 0.25) is 4.80 Å². The number of anilines is 2. The molecule has 1 N–H and O–H groups in total. The average Bonchev–Trinajstić information content (AvgIpc) is 2.74. The fourth-order valence-electron chi connectivity index (χ4n) is 2.42. The van der Waals surface area contributed by atoms with Crippen molar-refractivity contribution in [2.45, 2.75) is 0 Å². The summed E-state index contributed by atoms with van der Waals surface area (Å²) in [5.74, 6) is 0.357. The van der Waals surface area contributed by atoms with E-state index in [0.29, 0.717) is 15.9 Å². The van der Waals surface area contributed by atoms with Crippen LogP contribution in [0.25, 0.3) is 0 Å². The van der Waals surface area contributed by atoms with Crippen LogP contribution in [0.3, 0.4) is 0 Å². The number of hydrogen-bond donors (Lipinski definition) is 1. The van der Waals surface area contributed by atoms with Crippen molar-refractivity contribution >= 4 is 40.0 Å². The van der Waals surface area contributed by atoms with Gasteiger partial charge in [0.1, 0.15) is 0 Å². The maximum atomic E-state index is 4.61. The highest BCUT2D eigenvalue weighted by atomic mass is 32.1. The van der Waals surface area contributed by atoms with Gasteiger partial charge >= 0.3 is 0 Å². The fourth-order valence-corrected chi connectivity index (χ4v) is 3.17. The minimum Gasteiger partial charge on any atom is -0.331 e. The fraction of sp³-hybridized carbons (Fsp3) is 0. The van der Waals surface area contributed by atoms with E-state index in [2.05, 4.69) is 25.3 Å². The van der Waals surface area contributed by atoms with Crippen molar-refractivity contribution in [2.75, 3.05) is 5.32 Å². The van der Waals surface area contributed by atoms with Gasteiger partial charge in [0.15, 0.2) is 5.13 Å². The molecule has 1 heterocycles. The van der Waals surface area contributed by atoms with E-state index < -0.39 is 0 Å². The van der Waals surface area contributed by atoms with Crippen LogP contribution in [0.2, 0.25) is 0 Å². The van der Waals surface area contributed by atoms with E-state index in [1.54, 1.807) is 6.21 Å². The van der Waals surface area contributed by atoms with Crippen molar-refractivity contribution in [1.29, 1.82) is 0 Å². The molecule has 0 amide bonds. The molecule has 0 radical (unpaired) electrons. The summed E-state index contributed by atoms with van der Waals surface area (Å²) in [4.78, 5) is 18.6. The van der Waals surface area contributed by atoms with E-state index >= 15 is 0 Å². The highest BCUT2D eigenvalue weighted by Gasteiger charge is 2.03. The van der Waals surface area contributed by atoms with Crippen molar-refractivity contribution in [3.8, 4) is 0 Å². The van der Waals surface area contributed by atoms with Crippen LogP contribution in [0.5, 0.6) is 0 Å². The Morgan fingerprint density at radius 3 is 2.11 bits per heavy atom. The van der Waals surface area contributed by atoms with E-state index in [-0.39, 0.29) is 0 Å². The van der Waals surface area contributed by atoms with Crippen LogP contribution < -0.4 is 10.1 Å². The molecule has 136 valence electrons. The molecule has 6 heteroatoms. The standard InChI is InChI=1S/C22H17N5S/c1-4-10-17(11-5-1)16-23-20-26-21(24-18-12-6-2-7-13-18)28-22(27-20)25-19-14-8-3-9-15-19/h1-16H,(H,24,25,26,27)/b23-16+. The Balaban J connectivity index is 1.72. The maximum Gasteiger partial charge on any atom is 0.254 e. The monoisotopic (exact) mass is 383 g/mol. The third-order valence-corrected chi connectivity index (χ3v) is 4.47. The van der Waals surface area contributed by atoms with Crippen LogP contribution >= 0.6 is 11.3 Å². The van der Waals surface area contributed by atoms with E-state index in [4.69, 9.17) is 0 Å². The molecule has 5 nitrogen and oxygen atoms in total. The predicted molar refractivity (Wildman–Crippen MR) is 115 cm³/mol. The topological polar surface area (TPSA) is 62.5 Å². The van der Waals surface area contributed by atoms with Crippen LogP contribution in [-0.2, 0) is 0 Å². The van der Waals surface area contributed by atoms with Gasteiger partial charge < -0.3 is 5.32 Å². The number of aliphatic imine (C=N–C) groups is 1. The molecule has 0 aliphatic heterocycles. The Hall–Kier alpha value is -3.64. The van der Waals surface area contributed by atoms with Gasteiger partial charge in [-0.05, 0) is 29.8 Å². The summed E-state index contributed by atoms with van der Waals surface area (Å²) < 4.78 is 0. The van der Waals surface area contributed by atoms with Gasteiger partial charge in [0, 0.05) is 11.9 Å². The van der Waals surface area contributed by atoms with E-state index in [1.807, 2.05) is 91.0 Å². The summed E-state index contributed by atoms with van der Waals surface area (Å²) in [6.45, 7) is 0. The van der Waals surface area contributed by atoms with Gasteiger partial charge in [-0.25, -0.2) is 9.98 Å². The third-order valence-electron chi connectivity index (χ3n) is 3.72. The van der Waals surface area contributed by atoms with Crippen LogP contribution in [0.15, 0.2) is 101 Å². The predicted octanol–water partition coefficient (Wildman–Crippen LogP) is 5.26. The first-order valence-corrected chi connectivity index (χ1v) is 9.57. The number of benzene rings is 3. The van der Waals surface area contributed by atoms with Crippen molar-refractivity contribution < 1.29 is 0 Å². The lowest BCUT2D eigenvalue weighted by Crippen LogP contribution is -2.06. The number of nitrogens with one attached hydrogen (secondary N) is 1. The molecule has 0 bridgehead atoms. The van der Waals surface area contributed by atoms with E-state index in [9.17, 15) is 0 Å². The lowest BCUT2D eigenvalue weighted by atomic mass is 10.2. The first-order chi connectivity index (χ1) is 13.8. The second-order valence-corrected chi connectivity index (χ2v) is 6.78. The summed E-state index contributed by atoms with van der Waals surface area (Å²) >= 11 is 1.37. The lowest BCUT2D eigenvalue weighted by molar-refractivity contribution is 1.12.